The summed E-state index contributed by atoms with van der Waals surface area (Å²) < 4.78 is 62.2. The van der Waals surface area contributed by atoms with Crippen molar-refractivity contribution in [2.75, 3.05) is 7.11 Å². The Kier molecular flexibility index (Phi) is 12.4. The number of halogens is 4. The maximum Gasteiger partial charge on any atom is 0.418 e. The Hall–Kier alpha value is -5.24. The highest BCUT2D eigenvalue weighted by molar-refractivity contribution is 7.10. The Morgan fingerprint density at radius 2 is 1.68 bits per heavy atom. The zero-order valence-electron chi connectivity index (χ0n) is 32.5. The molecular formula is C43H47F4N5O4S. The number of hydrogen-bond acceptors (Lipinski definition) is 6. The van der Waals surface area contributed by atoms with Gasteiger partial charge in [0.25, 0.3) is 0 Å². The number of aromatic amines is 1. The van der Waals surface area contributed by atoms with Crippen LogP contribution in [0.3, 0.4) is 0 Å². The summed E-state index contributed by atoms with van der Waals surface area (Å²) in [5.74, 6) is -2.06. The summed E-state index contributed by atoms with van der Waals surface area (Å²) in [5, 5.41) is 11.9. The number of thiazole rings is 1. The number of nitrogens with zero attached hydrogens (tertiary/aromatic N) is 1. The second kappa shape index (κ2) is 17.1. The Balaban J connectivity index is 1.36. The third-order valence-corrected chi connectivity index (χ3v) is 12.1. The van der Waals surface area contributed by atoms with Gasteiger partial charge in [-0.05, 0) is 72.2 Å². The predicted molar refractivity (Wildman–Crippen MR) is 212 cm³/mol. The maximum absolute atomic E-state index is 15.0. The van der Waals surface area contributed by atoms with Gasteiger partial charge in [0, 0.05) is 28.4 Å². The van der Waals surface area contributed by atoms with Crippen molar-refractivity contribution in [1.29, 1.82) is 0 Å². The highest BCUT2D eigenvalue weighted by Gasteiger charge is 2.47. The number of aromatic nitrogens is 2. The van der Waals surface area contributed by atoms with E-state index < -0.39 is 58.8 Å². The molecule has 0 spiro atoms. The molecule has 2 aromatic heterocycles. The normalized spacial score (nSPS) is 17.6. The smallest absolute Gasteiger partial charge is 0.418 e. The number of nitrogens with one attached hydrogen (secondary N) is 4. The van der Waals surface area contributed by atoms with E-state index in [0.717, 1.165) is 11.6 Å². The average molecular weight is 806 g/mol. The van der Waals surface area contributed by atoms with Gasteiger partial charge in [0.1, 0.15) is 28.2 Å². The minimum absolute atomic E-state index is 0.0599. The first-order chi connectivity index (χ1) is 27.2. The lowest BCUT2D eigenvalue weighted by molar-refractivity contribution is -0.137. The fourth-order valence-electron chi connectivity index (χ4n) is 7.41. The number of carbonyl (C=O) groups is 3. The van der Waals surface area contributed by atoms with Gasteiger partial charge in [0.2, 0.25) is 17.7 Å². The third kappa shape index (κ3) is 8.85. The summed E-state index contributed by atoms with van der Waals surface area (Å²) in [7, 11) is 1.59. The number of fused-ring (bicyclic) bond motifs is 3. The fraction of sp³-hybridized carbons (Fsp3) is 0.395. The van der Waals surface area contributed by atoms with Gasteiger partial charge >= 0.3 is 6.18 Å². The molecule has 1 aliphatic rings. The monoisotopic (exact) mass is 805 g/mol. The molecule has 14 heteroatoms. The van der Waals surface area contributed by atoms with Crippen molar-refractivity contribution in [3.63, 3.8) is 0 Å². The number of para-hydroxylation sites is 1. The summed E-state index contributed by atoms with van der Waals surface area (Å²) >= 11 is 1.39. The van der Waals surface area contributed by atoms with E-state index in [1.807, 2.05) is 50.4 Å². The Morgan fingerprint density at radius 3 is 2.35 bits per heavy atom. The summed E-state index contributed by atoms with van der Waals surface area (Å²) in [6.07, 6.45) is -3.65. The molecule has 0 bridgehead atoms. The van der Waals surface area contributed by atoms with Crippen molar-refractivity contribution in [3.05, 3.63) is 105 Å². The second-order valence-corrected chi connectivity index (χ2v) is 15.8. The molecule has 5 aromatic rings. The molecule has 0 saturated carbocycles. The van der Waals surface area contributed by atoms with Crippen molar-refractivity contribution in [2.24, 2.45) is 11.8 Å². The number of alkyl halides is 3. The summed E-state index contributed by atoms with van der Waals surface area (Å²) in [6, 6.07) is 15.6. The number of hydrogen-bond donors (Lipinski definition) is 4. The molecule has 9 nitrogen and oxygen atoms in total. The number of aryl methyl sites for hydroxylation is 1. The van der Waals surface area contributed by atoms with Crippen LogP contribution in [0.15, 0.2) is 72.1 Å². The Bertz CT molecular complexity index is 2240. The lowest BCUT2D eigenvalue weighted by Crippen LogP contribution is -2.65. The number of amides is 3. The number of rotatable bonds is 14. The van der Waals surface area contributed by atoms with E-state index >= 15 is 0 Å². The van der Waals surface area contributed by atoms with E-state index in [-0.39, 0.29) is 42.7 Å². The third-order valence-electron chi connectivity index (χ3n) is 11.2. The van der Waals surface area contributed by atoms with Crippen molar-refractivity contribution in [1.82, 2.24) is 25.9 Å². The molecule has 0 saturated heterocycles. The van der Waals surface area contributed by atoms with Gasteiger partial charge in [-0.2, -0.15) is 13.2 Å². The van der Waals surface area contributed by atoms with Crippen molar-refractivity contribution >= 4 is 40.0 Å². The largest absolute Gasteiger partial charge is 0.497 e. The van der Waals surface area contributed by atoms with Crippen LogP contribution in [0.5, 0.6) is 5.75 Å². The van der Waals surface area contributed by atoms with Crippen LogP contribution in [0, 0.1) is 17.7 Å². The van der Waals surface area contributed by atoms with E-state index in [9.17, 15) is 31.9 Å². The van der Waals surface area contributed by atoms with E-state index in [0.29, 0.717) is 45.9 Å². The number of carbonyl (C=O) groups excluding carboxylic acids is 3. The molecule has 1 aliphatic carbocycles. The van der Waals surface area contributed by atoms with Gasteiger partial charge in [-0.1, -0.05) is 70.9 Å². The number of methoxy groups -OCH3 is 1. The van der Waals surface area contributed by atoms with Gasteiger partial charge in [0.05, 0.1) is 36.3 Å². The molecule has 0 aliphatic heterocycles. The van der Waals surface area contributed by atoms with E-state index in [4.69, 9.17) is 9.72 Å². The van der Waals surface area contributed by atoms with Gasteiger partial charge in [0.15, 0.2) is 0 Å². The lowest BCUT2D eigenvalue weighted by atomic mass is 9.78. The van der Waals surface area contributed by atoms with Crippen LogP contribution >= 0.6 is 11.3 Å². The molecule has 5 atom stereocenters. The fourth-order valence-corrected chi connectivity index (χ4v) is 8.42. The molecule has 4 N–H and O–H groups in total. The first-order valence-electron chi connectivity index (χ1n) is 19.1. The quantitative estimate of drug-likeness (QED) is 0.0839. The van der Waals surface area contributed by atoms with Crippen LogP contribution in [-0.4, -0.2) is 46.4 Å². The Morgan fingerprint density at radius 1 is 0.965 bits per heavy atom. The van der Waals surface area contributed by atoms with E-state index in [1.165, 1.54) is 35.6 Å². The predicted octanol–water partition coefficient (Wildman–Crippen LogP) is 8.48. The van der Waals surface area contributed by atoms with Gasteiger partial charge in [-0.25, -0.2) is 9.37 Å². The summed E-state index contributed by atoms with van der Waals surface area (Å²) in [4.78, 5) is 50.6. The lowest BCUT2D eigenvalue weighted by Gasteiger charge is -2.39. The van der Waals surface area contributed by atoms with Crippen LogP contribution in [-0.2, 0) is 39.8 Å². The zero-order chi connectivity index (χ0) is 41.1. The molecule has 2 heterocycles. The SMILES string of the molecule is CC[C@H](C)[C@H](NC(=O)Cc1ccccc1F)C(=O)N[C@]1(C(=O)N[C@H](c2nc(-c3ccc(OC)cc3)cs2)[C@@H](C)CC)CCc2[nH]c3c(C(F)(F)F)cccc3c2C1. The highest BCUT2D eigenvalue weighted by atomic mass is 32.1. The van der Waals surface area contributed by atoms with Crippen LogP contribution in [0.2, 0.25) is 0 Å². The minimum Gasteiger partial charge on any atom is -0.497 e. The van der Waals surface area contributed by atoms with Gasteiger partial charge < -0.3 is 25.7 Å². The highest BCUT2D eigenvalue weighted by Crippen LogP contribution is 2.41. The molecule has 3 amide bonds. The molecular weight excluding hydrogens is 759 g/mol. The molecule has 6 rings (SSSR count). The van der Waals surface area contributed by atoms with Crippen molar-refractivity contribution < 1.29 is 36.7 Å². The summed E-state index contributed by atoms with van der Waals surface area (Å²) in [6.45, 7) is 7.64. The van der Waals surface area contributed by atoms with Crippen LogP contribution in [0.1, 0.15) is 80.4 Å². The first kappa shape index (κ1) is 41.4. The molecule has 0 fully saturated rings. The minimum atomic E-state index is -4.62. The van der Waals surface area contributed by atoms with E-state index in [2.05, 4.69) is 20.9 Å². The van der Waals surface area contributed by atoms with Gasteiger partial charge in [-0.3, -0.25) is 14.4 Å². The average Bonchev–Trinajstić information content (AvgIpc) is 3.84. The molecule has 0 radical (unpaired) electrons. The molecule has 0 unspecified atom stereocenters. The van der Waals surface area contributed by atoms with Crippen LogP contribution in [0.4, 0.5) is 17.6 Å². The first-order valence-corrected chi connectivity index (χ1v) is 20.0. The second-order valence-electron chi connectivity index (χ2n) is 14.9. The van der Waals surface area contributed by atoms with Crippen molar-refractivity contribution in [3.8, 4) is 17.0 Å². The maximum atomic E-state index is 15.0. The van der Waals surface area contributed by atoms with E-state index in [1.54, 1.807) is 26.2 Å². The zero-order valence-corrected chi connectivity index (χ0v) is 33.3. The van der Waals surface area contributed by atoms with Gasteiger partial charge in [-0.15, -0.1) is 11.3 Å². The topological polar surface area (TPSA) is 125 Å². The van der Waals surface area contributed by atoms with Crippen LogP contribution < -0.4 is 20.7 Å². The standard InChI is InChI=1S/C43H47F4N5O4S/c1-6-24(3)36(50-35(53)21-27-11-8-9-14-32(27)44)39(54)52-42(20-19-33-30(22-42)29-12-10-13-31(38(29)48-33)43(45,46)47)41(55)51-37(25(4)7-2)40-49-34(23-57-40)26-15-17-28(56-5)18-16-26/h8-18,23-25,36-37,48H,6-7,19-22H2,1-5H3,(H,50,53)(H,51,55)(H,52,54)/t24-,25-,36-,37-,42+/m0/s1. The summed E-state index contributed by atoms with van der Waals surface area (Å²) in [5.41, 5.74) is 0.264. The number of H-pyrrole nitrogens is 1. The number of ether oxygens (including phenoxy) is 1. The van der Waals surface area contributed by atoms with Crippen LogP contribution in [0.25, 0.3) is 22.2 Å². The Labute approximate surface area is 333 Å². The number of benzene rings is 3. The molecule has 302 valence electrons. The molecule has 3 aromatic carbocycles. The van der Waals surface area contributed by atoms with Crippen molar-refractivity contribution in [2.45, 2.75) is 90.0 Å². The molecule has 57 heavy (non-hydrogen) atoms.